The molecule has 126 valence electrons. The van der Waals surface area contributed by atoms with Crippen LogP contribution in [-0.4, -0.2) is 24.3 Å². The maximum Gasteiger partial charge on any atom is 0.0806 e. The van der Waals surface area contributed by atoms with E-state index in [1.165, 1.54) is 25.7 Å². The molecule has 21 heavy (non-hydrogen) atoms. The molecule has 1 aliphatic carbocycles. The molecule has 2 nitrogen and oxygen atoms in total. The first-order chi connectivity index (χ1) is 9.44. The van der Waals surface area contributed by atoms with Gasteiger partial charge in [-0.2, -0.15) is 0 Å². The molecule has 0 radical (unpaired) electrons. The predicted molar refractivity (Wildman–Crippen MR) is 92.7 cm³/mol. The van der Waals surface area contributed by atoms with Gasteiger partial charge >= 0.3 is 0 Å². The van der Waals surface area contributed by atoms with Crippen molar-refractivity contribution in [2.24, 2.45) is 17.3 Å². The summed E-state index contributed by atoms with van der Waals surface area (Å²) in [5.41, 5.74) is 0.649. The molecule has 0 bridgehead atoms. The zero-order chi connectivity index (χ0) is 16.3. The van der Waals surface area contributed by atoms with Crippen LogP contribution in [0.5, 0.6) is 0 Å². The van der Waals surface area contributed by atoms with Crippen molar-refractivity contribution in [3.05, 3.63) is 0 Å². The Bertz CT molecular complexity index is 301. The highest BCUT2D eigenvalue weighted by Crippen LogP contribution is 2.43. The van der Waals surface area contributed by atoms with E-state index in [1.54, 1.807) is 0 Å². The second kappa shape index (κ2) is 7.00. The van der Waals surface area contributed by atoms with Crippen LogP contribution in [0.1, 0.15) is 81.1 Å². The average Bonchev–Trinajstić information content (AvgIpc) is 2.33. The zero-order valence-corrected chi connectivity index (χ0v) is 15.8. The molecule has 0 amide bonds. The van der Waals surface area contributed by atoms with Crippen LogP contribution in [0.3, 0.4) is 0 Å². The lowest BCUT2D eigenvalue weighted by molar-refractivity contribution is -0.0951. The van der Waals surface area contributed by atoms with E-state index < -0.39 is 0 Å². The van der Waals surface area contributed by atoms with E-state index in [-0.39, 0.29) is 11.1 Å². The molecule has 0 atom stereocenters. The van der Waals surface area contributed by atoms with E-state index in [9.17, 15) is 0 Å². The first-order valence-corrected chi connectivity index (χ1v) is 8.83. The maximum atomic E-state index is 6.43. The lowest BCUT2D eigenvalue weighted by Gasteiger charge is -2.45. The third kappa shape index (κ3) is 6.69. The van der Waals surface area contributed by atoms with Crippen molar-refractivity contribution in [3.8, 4) is 0 Å². The molecular weight excluding hydrogens is 258 g/mol. The van der Waals surface area contributed by atoms with Crippen LogP contribution < -0.4 is 5.32 Å². The van der Waals surface area contributed by atoms with Gasteiger partial charge in [-0.1, -0.05) is 34.6 Å². The lowest BCUT2D eigenvalue weighted by Crippen LogP contribution is -2.52. The van der Waals surface area contributed by atoms with Crippen molar-refractivity contribution in [2.45, 2.75) is 92.2 Å². The summed E-state index contributed by atoms with van der Waals surface area (Å²) in [5.74, 6) is 1.44. The van der Waals surface area contributed by atoms with E-state index in [1.807, 2.05) is 0 Å². The second-order valence-corrected chi connectivity index (χ2v) is 9.63. The van der Waals surface area contributed by atoms with Crippen molar-refractivity contribution >= 4 is 0 Å². The molecule has 0 spiro atoms. The summed E-state index contributed by atoms with van der Waals surface area (Å²) in [6.45, 7) is 20.2. The molecule has 1 fully saturated rings. The molecule has 0 aromatic heterocycles. The van der Waals surface area contributed by atoms with E-state index in [4.69, 9.17) is 4.74 Å². The van der Waals surface area contributed by atoms with Crippen LogP contribution in [0.25, 0.3) is 0 Å². The minimum atomic E-state index is 0.0549. The molecule has 0 aromatic carbocycles. The van der Waals surface area contributed by atoms with Gasteiger partial charge in [0.1, 0.15) is 0 Å². The Morgan fingerprint density at radius 2 is 1.57 bits per heavy atom. The largest absolute Gasteiger partial charge is 0.373 e. The fourth-order valence-electron chi connectivity index (χ4n) is 3.15. The van der Waals surface area contributed by atoms with Crippen molar-refractivity contribution < 1.29 is 4.74 Å². The first-order valence-electron chi connectivity index (χ1n) is 8.83. The smallest absolute Gasteiger partial charge is 0.0806 e. The van der Waals surface area contributed by atoms with Crippen molar-refractivity contribution in [1.29, 1.82) is 0 Å². The highest BCUT2D eigenvalue weighted by Gasteiger charge is 2.40. The highest BCUT2D eigenvalue weighted by molar-refractivity contribution is 4.93. The molecule has 2 heteroatoms. The minimum Gasteiger partial charge on any atom is -0.373 e. The van der Waals surface area contributed by atoms with Crippen LogP contribution in [-0.2, 0) is 4.74 Å². The van der Waals surface area contributed by atoms with Crippen molar-refractivity contribution in [3.63, 3.8) is 0 Å². The van der Waals surface area contributed by atoms with Crippen molar-refractivity contribution in [2.75, 3.05) is 13.2 Å². The molecule has 1 rings (SSSR count). The first kappa shape index (κ1) is 19.0. The van der Waals surface area contributed by atoms with Gasteiger partial charge in [-0.15, -0.1) is 0 Å². The molecular formula is C19H39NO. The van der Waals surface area contributed by atoms with Gasteiger partial charge in [-0.05, 0) is 63.7 Å². The molecule has 0 unspecified atom stereocenters. The van der Waals surface area contributed by atoms with E-state index in [0.717, 1.165) is 19.1 Å². The lowest BCUT2D eigenvalue weighted by atomic mass is 9.68. The van der Waals surface area contributed by atoms with Gasteiger partial charge in [-0.3, -0.25) is 0 Å². The van der Waals surface area contributed by atoms with Crippen LogP contribution in [0, 0.1) is 17.3 Å². The minimum absolute atomic E-state index is 0.0549. The van der Waals surface area contributed by atoms with E-state index >= 15 is 0 Å². The summed E-state index contributed by atoms with van der Waals surface area (Å²) in [6, 6.07) is 0. The summed E-state index contributed by atoms with van der Waals surface area (Å²) in [4.78, 5) is 0. The van der Waals surface area contributed by atoms with Crippen molar-refractivity contribution in [1.82, 2.24) is 5.32 Å². The average molecular weight is 298 g/mol. The number of ether oxygens (including phenoxy) is 1. The van der Waals surface area contributed by atoms with Gasteiger partial charge in [0.2, 0.25) is 0 Å². The molecule has 0 aromatic rings. The monoisotopic (exact) mass is 297 g/mol. The van der Waals surface area contributed by atoms with Crippen LogP contribution in [0.4, 0.5) is 0 Å². The van der Waals surface area contributed by atoms with Crippen LogP contribution in [0.2, 0.25) is 0 Å². The number of hydrogen-bond acceptors (Lipinski definition) is 2. The Balaban J connectivity index is 2.67. The van der Waals surface area contributed by atoms with Gasteiger partial charge in [0.05, 0.1) is 5.60 Å². The zero-order valence-electron chi connectivity index (χ0n) is 15.8. The Morgan fingerprint density at radius 3 is 1.95 bits per heavy atom. The molecule has 0 aliphatic heterocycles. The van der Waals surface area contributed by atoms with Crippen LogP contribution >= 0.6 is 0 Å². The third-order valence-corrected chi connectivity index (χ3v) is 4.79. The number of rotatable bonds is 5. The van der Waals surface area contributed by atoms with Gasteiger partial charge in [0.25, 0.3) is 0 Å². The second-order valence-electron chi connectivity index (χ2n) is 9.63. The van der Waals surface area contributed by atoms with Crippen LogP contribution in [0.15, 0.2) is 0 Å². The number of hydrogen-bond donors (Lipinski definition) is 1. The summed E-state index contributed by atoms with van der Waals surface area (Å²) in [6.07, 6.45) is 5.00. The fraction of sp³-hybridized carbons (Fsp3) is 1.00. The van der Waals surface area contributed by atoms with E-state index in [0.29, 0.717) is 11.3 Å². The molecule has 0 saturated heterocycles. The summed E-state index contributed by atoms with van der Waals surface area (Å²) >= 11 is 0. The summed E-state index contributed by atoms with van der Waals surface area (Å²) in [7, 11) is 0. The molecule has 0 heterocycles. The Morgan fingerprint density at radius 1 is 1.05 bits per heavy atom. The predicted octanol–water partition coefficient (Wildman–Crippen LogP) is 5.02. The Labute approximate surface area is 133 Å². The normalized spacial score (nSPS) is 28.1. The van der Waals surface area contributed by atoms with Gasteiger partial charge in [0, 0.05) is 18.7 Å². The van der Waals surface area contributed by atoms with Gasteiger partial charge in [0.15, 0.2) is 0 Å². The topological polar surface area (TPSA) is 21.3 Å². The Kier molecular flexibility index (Phi) is 6.32. The molecule has 1 N–H and O–H groups in total. The molecule has 1 saturated carbocycles. The standard InChI is InChI=1S/C19H39NO/c1-15(2)13-21-19(14-20-18(6,7)8)11-9-16(10-12-19)17(3,4)5/h15-16,20H,9-14H2,1-8H3. The maximum absolute atomic E-state index is 6.43. The summed E-state index contributed by atoms with van der Waals surface area (Å²) < 4.78 is 6.43. The summed E-state index contributed by atoms with van der Waals surface area (Å²) in [5, 5.41) is 3.68. The Hall–Kier alpha value is -0.0800. The highest BCUT2D eigenvalue weighted by atomic mass is 16.5. The fourth-order valence-corrected chi connectivity index (χ4v) is 3.15. The number of nitrogens with one attached hydrogen (secondary N) is 1. The van der Waals surface area contributed by atoms with E-state index in [2.05, 4.69) is 60.7 Å². The van der Waals surface area contributed by atoms with Gasteiger partial charge < -0.3 is 10.1 Å². The SMILES string of the molecule is CC(C)COC1(CNC(C)(C)C)CCC(C(C)(C)C)CC1. The third-order valence-electron chi connectivity index (χ3n) is 4.79. The van der Waals surface area contributed by atoms with Gasteiger partial charge in [-0.25, -0.2) is 0 Å². The quantitative estimate of drug-likeness (QED) is 0.769. The molecule has 1 aliphatic rings.